The van der Waals surface area contributed by atoms with Crippen LogP contribution in [-0.4, -0.2) is 52.6 Å². The van der Waals surface area contributed by atoms with Crippen LogP contribution in [0.5, 0.6) is 11.5 Å². The molecule has 3 aromatic rings. The molecule has 1 saturated heterocycles. The summed E-state index contributed by atoms with van der Waals surface area (Å²) < 4.78 is 16.7. The summed E-state index contributed by atoms with van der Waals surface area (Å²) in [4.78, 5) is 62.2. The molecule has 14 heteroatoms. The van der Waals surface area contributed by atoms with E-state index in [9.17, 15) is 29.3 Å². The lowest BCUT2D eigenvalue weighted by atomic mass is 10.1. The fraction of sp³-hybridized carbons (Fsp3) is 0.226. The van der Waals surface area contributed by atoms with Gasteiger partial charge >= 0.3 is 5.97 Å². The number of amides is 3. The van der Waals surface area contributed by atoms with Gasteiger partial charge < -0.3 is 19.5 Å². The van der Waals surface area contributed by atoms with Gasteiger partial charge in [-0.2, -0.15) is 0 Å². The van der Waals surface area contributed by atoms with Gasteiger partial charge in [0.05, 0.1) is 33.6 Å². The van der Waals surface area contributed by atoms with Crippen LogP contribution in [0.2, 0.25) is 5.02 Å². The molecular weight excluding hydrogens is 626 g/mol. The third-order valence-electron chi connectivity index (χ3n) is 6.16. The fourth-order valence-corrected chi connectivity index (χ4v) is 5.12. The van der Waals surface area contributed by atoms with Crippen molar-refractivity contribution in [2.24, 2.45) is 0 Å². The van der Waals surface area contributed by atoms with Crippen LogP contribution in [0.25, 0.3) is 6.08 Å². The lowest BCUT2D eigenvalue weighted by molar-refractivity contribution is -0.384. The molecule has 45 heavy (non-hydrogen) atoms. The lowest BCUT2D eigenvalue weighted by Gasteiger charge is -2.14. The molecule has 1 aliphatic rings. The normalized spacial score (nSPS) is 13.6. The Bertz CT molecular complexity index is 1680. The highest BCUT2D eigenvalue weighted by atomic mass is 35.5. The number of carbonyl (C=O) groups is 4. The summed E-state index contributed by atoms with van der Waals surface area (Å²) in [7, 11) is 0. The predicted octanol–water partition coefficient (Wildman–Crippen LogP) is 6.47. The van der Waals surface area contributed by atoms with Crippen molar-refractivity contribution in [3.05, 3.63) is 97.4 Å². The molecule has 234 valence electrons. The van der Waals surface area contributed by atoms with Crippen LogP contribution in [0, 0.1) is 10.1 Å². The van der Waals surface area contributed by atoms with E-state index in [1.807, 2.05) is 6.92 Å². The van der Waals surface area contributed by atoms with Crippen molar-refractivity contribution in [3.63, 3.8) is 0 Å². The molecule has 1 N–H and O–H groups in total. The van der Waals surface area contributed by atoms with Gasteiger partial charge in [-0.15, -0.1) is 0 Å². The Balaban J connectivity index is 1.43. The Hall–Kier alpha value is -4.88. The molecule has 0 spiro atoms. The standard InChI is InChI=1S/C31H28ClN3O9S/c1-3-12-43-30(38)23-16-21(9-10-24(23)32)33-28(36)17-34-29(37)27(45-31(34)39)15-19-8-11-25(26(14-19)42-4-2)44-18-20-6-5-7-22(13-20)35(40)41/h5-11,13-16H,3-4,12,17-18H2,1-2H3,(H,33,36)/b27-15+. The minimum Gasteiger partial charge on any atom is -0.490 e. The van der Waals surface area contributed by atoms with E-state index in [0.29, 0.717) is 47.4 Å². The van der Waals surface area contributed by atoms with E-state index < -0.39 is 34.5 Å². The Kier molecular flexibility index (Phi) is 11.2. The first-order chi connectivity index (χ1) is 21.6. The number of nitro groups is 1. The first-order valence-corrected chi connectivity index (χ1v) is 14.9. The number of imide groups is 1. The molecule has 4 rings (SSSR count). The number of esters is 1. The van der Waals surface area contributed by atoms with Crippen molar-refractivity contribution in [3.8, 4) is 11.5 Å². The number of hydrogen-bond acceptors (Lipinski definition) is 10. The van der Waals surface area contributed by atoms with Crippen LogP contribution in [0.4, 0.5) is 16.2 Å². The Morgan fingerprint density at radius 2 is 1.84 bits per heavy atom. The quantitative estimate of drug-likeness (QED) is 0.0939. The minimum atomic E-state index is -0.655. The van der Waals surface area contributed by atoms with Crippen molar-refractivity contribution < 1.29 is 38.3 Å². The summed E-state index contributed by atoms with van der Waals surface area (Å²) in [6.45, 7) is 3.68. The van der Waals surface area contributed by atoms with Gasteiger partial charge in [0.1, 0.15) is 13.2 Å². The van der Waals surface area contributed by atoms with Crippen LogP contribution in [-0.2, 0) is 20.9 Å². The van der Waals surface area contributed by atoms with Gasteiger partial charge in [-0.1, -0.05) is 36.7 Å². The molecule has 1 heterocycles. The number of nitrogens with zero attached hydrogens (tertiary/aromatic N) is 2. The van der Waals surface area contributed by atoms with Gasteiger partial charge in [0.25, 0.3) is 16.8 Å². The summed E-state index contributed by atoms with van der Waals surface area (Å²) in [5, 5.41) is 13.2. The number of non-ortho nitro benzene ring substituents is 1. The number of thioether (sulfide) groups is 1. The third kappa shape index (κ3) is 8.61. The zero-order valence-electron chi connectivity index (χ0n) is 24.2. The van der Waals surface area contributed by atoms with Crippen LogP contribution < -0.4 is 14.8 Å². The minimum absolute atomic E-state index is 0.0496. The van der Waals surface area contributed by atoms with E-state index >= 15 is 0 Å². The van der Waals surface area contributed by atoms with Gasteiger partial charge in [0, 0.05) is 17.8 Å². The molecule has 0 aromatic heterocycles. The number of ether oxygens (including phenoxy) is 3. The highest BCUT2D eigenvalue weighted by molar-refractivity contribution is 8.18. The highest BCUT2D eigenvalue weighted by Crippen LogP contribution is 2.35. The van der Waals surface area contributed by atoms with Gasteiger partial charge in [-0.3, -0.25) is 29.4 Å². The van der Waals surface area contributed by atoms with Gasteiger partial charge in [0.15, 0.2) is 11.5 Å². The zero-order valence-corrected chi connectivity index (χ0v) is 25.8. The monoisotopic (exact) mass is 653 g/mol. The van der Waals surface area contributed by atoms with Crippen molar-refractivity contribution in [2.45, 2.75) is 26.9 Å². The van der Waals surface area contributed by atoms with E-state index in [4.69, 9.17) is 25.8 Å². The Morgan fingerprint density at radius 1 is 1.04 bits per heavy atom. The highest BCUT2D eigenvalue weighted by Gasteiger charge is 2.36. The van der Waals surface area contributed by atoms with Crippen molar-refractivity contribution >= 4 is 63.8 Å². The van der Waals surface area contributed by atoms with Gasteiger partial charge in [-0.25, -0.2) is 4.79 Å². The molecule has 0 aliphatic carbocycles. The SMILES string of the molecule is CCCOC(=O)c1cc(NC(=O)CN2C(=O)S/C(=C/c3ccc(OCc4cccc([N+](=O)[O-])c4)c(OCC)c3)C2=O)ccc1Cl. The van der Waals surface area contributed by atoms with Crippen molar-refractivity contribution in [2.75, 3.05) is 25.1 Å². The summed E-state index contributed by atoms with van der Waals surface area (Å²) in [6, 6.07) is 15.3. The van der Waals surface area contributed by atoms with E-state index in [2.05, 4.69) is 5.32 Å². The fourth-order valence-electron chi connectivity index (χ4n) is 4.09. The average molecular weight is 654 g/mol. The topological polar surface area (TPSA) is 154 Å². The number of carbonyl (C=O) groups excluding carboxylic acids is 4. The molecule has 0 radical (unpaired) electrons. The van der Waals surface area contributed by atoms with Crippen LogP contribution in [0.3, 0.4) is 0 Å². The van der Waals surface area contributed by atoms with E-state index in [1.165, 1.54) is 36.4 Å². The second kappa shape index (κ2) is 15.2. The molecule has 0 atom stereocenters. The van der Waals surface area contributed by atoms with Gasteiger partial charge in [-0.05, 0) is 72.6 Å². The smallest absolute Gasteiger partial charge is 0.339 e. The van der Waals surface area contributed by atoms with E-state index in [1.54, 1.807) is 37.3 Å². The molecule has 1 aliphatic heterocycles. The molecule has 3 aromatic carbocycles. The number of rotatable bonds is 13. The number of nitro benzene ring substituents is 1. The van der Waals surface area contributed by atoms with Crippen LogP contribution >= 0.6 is 23.4 Å². The maximum atomic E-state index is 13.1. The summed E-state index contributed by atoms with van der Waals surface area (Å²) in [6.07, 6.45) is 2.13. The van der Waals surface area contributed by atoms with Crippen molar-refractivity contribution in [1.29, 1.82) is 0 Å². The summed E-state index contributed by atoms with van der Waals surface area (Å²) in [5.74, 6) is -1.18. The van der Waals surface area contributed by atoms with Crippen LogP contribution in [0.15, 0.2) is 65.6 Å². The molecule has 0 unspecified atom stereocenters. The third-order valence-corrected chi connectivity index (χ3v) is 7.40. The second-order valence-corrected chi connectivity index (χ2v) is 10.9. The Morgan fingerprint density at radius 3 is 2.58 bits per heavy atom. The molecule has 12 nitrogen and oxygen atoms in total. The Labute approximate surface area is 267 Å². The molecule has 1 fully saturated rings. The van der Waals surface area contributed by atoms with Gasteiger partial charge in [0.2, 0.25) is 5.91 Å². The molecule has 0 saturated carbocycles. The first kappa shape index (κ1) is 33.0. The molecular formula is C31H28ClN3O9S. The van der Waals surface area contributed by atoms with Crippen LogP contribution in [0.1, 0.15) is 41.8 Å². The average Bonchev–Trinajstić information content (AvgIpc) is 3.27. The second-order valence-electron chi connectivity index (χ2n) is 9.50. The number of anilines is 1. The van der Waals surface area contributed by atoms with Crippen molar-refractivity contribution in [1.82, 2.24) is 4.90 Å². The summed E-state index contributed by atoms with van der Waals surface area (Å²) >= 11 is 6.79. The lowest BCUT2D eigenvalue weighted by Crippen LogP contribution is -2.36. The first-order valence-electron chi connectivity index (χ1n) is 13.7. The maximum absolute atomic E-state index is 13.1. The molecule has 0 bridgehead atoms. The largest absolute Gasteiger partial charge is 0.490 e. The predicted molar refractivity (Wildman–Crippen MR) is 168 cm³/mol. The zero-order chi connectivity index (χ0) is 32.5. The summed E-state index contributed by atoms with van der Waals surface area (Å²) in [5.41, 5.74) is 1.40. The molecule has 3 amide bonds. The number of hydrogen-bond donors (Lipinski definition) is 1. The number of nitrogens with one attached hydrogen (secondary N) is 1. The van der Waals surface area contributed by atoms with E-state index in [-0.39, 0.29) is 40.1 Å². The van der Waals surface area contributed by atoms with E-state index in [0.717, 1.165) is 4.90 Å². The number of halogens is 1. The maximum Gasteiger partial charge on any atom is 0.339 e. The number of benzene rings is 3.